The van der Waals surface area contributed by atoms with Crippen molar-refractivity contribution in [3.8, 4) is 0 Å². The van der Waals surface area contributed by atoms with Gasteiger partial charge in [0, 0.05) is 23.5 Å². The smallest absolute Gasteiger partial charge is 0.0247 e. The first-order chi connectivity index (χ1) is 7.91. The van der Waals surface area contributed by atoms with Gasteiger partial charge in [-0.15, -0.1) is 0 Å². The van der Waals surface area contributed by atoms with Gasteiger partial charge in [-0.3, -0.25) is 0 Å². The summed E-state index contributed by atoms with van der Waals surface area (Å²) in [4.78, 5) is 0. The molecular weight excluding hydrogens is 208 g/mol. The molecule has 0 aromatic carbocycles. The Hall–Kier alpha value is -0.760. The Kier molecular flexibility index (Phi) is 3.35. The van der Waals surface area contributed by atoms with Crippen LogP contribution in [0.25, 0.3) is 0 Å². The molecule has 1 saturated carbocycles. The molecule has 1 aliphatic carbocycles. The van der Waals surface area contributed by atoms with Crippen molar-refractivity contribution in [2.75, 3.05) is 0 Å². The van der Waals surface area contributed by atoms with Crippen LogP contribution in [0.15, 0.2) is 6.07 Å². The summed E-state index contributed by atoms with van der Waals surface area (Å²) in [7, 11) is 0. The zero-order valence-electron chi connectivity index (χ0n) is 11.7. The van der Waals surface area contributed by atoms with Crippen LogP contribution in [-0.2, 0) is 13.0 Å². The van der Waals surface area contributed by atoms with E-state index in [-0.39, 0.29) is 5.54 Å². The number of aryl methyl sites for hydroxylation is 2. The van der Waals surface area contributed by atoms with E-state index < -0.39 is 0 Å². The van der Waals surface area contributed by atoms with Crippen LogP contribution in [-0.4, -0.2) is 10.1 Å². The predicted octanol–water partition coefficient (Wildman–Crippen LogP) is 3.18. The van der Waals surface area contributed by atoms with Crippen LogP contribution in [0.4, 0.5) is 0 Å². The Morgan fingerprint density at radius 2 is 2.00 bits per heavy atom. The molecule has 2 heteroatoms. The Labute approximate surface area is 105 Å². The van der Waals surface area contributed by atoms with Gasteiger partial charge in [-0.05, 0) is 57.1 Å². The first-order valence-corrected chi connectivity index (χ1v) is 6.86. The maximum absolute atomic E-state index is 6.16. The van der Waals surface area contributed by atoms with Gasteiger partial charge in [-0.1, -0.05) is 13.8 Å². The van der Waals surface area contributed by atoms with E-state index in [1.54, 1.807) is 0 Å². The molecule has 1 aromatic rings. The topological polar surface area (TPSA) is 30.9 Å². The number of nitrogens with zero attached hydrogens (tertiary/aromatic N) is 1. The van der Waals surface area contributed by atoms with Crippen LogP contribution < -0.4 is 5.73 Å². The lowest BCUT2D eigenvalue weighted by Gasteiger charge is -2.13. The quantitative estimate of drug-likeness (QED) is 0.833. The SMILES string of the molecule is Cc1cc(CCC2(N)CC2)c(C)n1CC(C)C. The third-order valence-electron chi connectivity index (χ3n) is 4.01. The molecule has 0 amide bonds. The van der Waals surface area contributed by atoms with Crippen LogP contribution in [0.3, 0.4) is 0 Å². The van der Waals surface area contributed by atoms with E-state index in [9.17, 15) is 0 Å². The predicted molar refractivity (Wildman–Crippen MR) is 73.2 cm³/mol. The number of hydrogen-bond donors (Lipinski definition) is 1. The molecular formula is C15H26N2. The molecule has 0 spiro atoms. The second kappa shape index (κ2) is 4.49. The van der Waals surface area contributed by atoms with Crippen LogP contribution >= 0.6 is 0 Å². The normalized spacial score (nSPS) is 17.8. The first kappa shape index (κ1) is 12.7. The van der Waals surface area contributed by atoms with Crippen molar-refractivity contribution in [3.63, 3.8) is 0 Å². The fourth-order valence-electron chi connectivity index (χ4n) is 2.57. The monoisotopic (exact) mass is 234 g/mol. The zero-order valence-corrected chi connectivity index (χ0v) is 11.7. The Morgan fingerprint density at radius 3 is 2.53 bits per heavy atom. The lowest BCUT2D eigenvalue weighted by molar-refractivity contribution is 0.507. The molecule has 0 bridgehead atoms. The number of hydrogen-bond acceptors (Lipinski definition) is 1. The van der Waals surface area contributed by atoms with Gasteiger partial charge in [0.25, 0.3) is 0 Å². The summed E-state index contributed by atoms with van der Waals surface area (Å²) in [6, 6.07) is 2.35. The van der Waals surface area contributed by atoms with Gasteiger partial charge in [-0.25, -0.2) is 0 Å². The highest BCUT2D eigenvalue weighted by Gasteiger charge is 2.37. The summed E-state index contributed by atoms with van der Waals surface area (Å²) in [6.07, 6.45) is 4.74. The highest BCUT2D eigenvalue weighted by atomic mass is 15.0. The third kappa shape index (κ3) is 2.92. The van der Waals surface area contributed by atoms with Crippen molar-refractivity contribution in [2.24, 2.45) is 11.7 Å². The van der Waals surface area contributed by atoms with Gasteiger partial charge >= 0.3 is 0 Å². The van der Waals surface area contributed by atoms with Gasteiger partial charge in [0.2, 0.25) is 0 Å². The highest BCUT2D eigenvalue weighted by molar-refractivity contribution is 5.27. The van der Waals surface area contributed by atoms with Crippen LogP contribution in [0.5, 0.6) is 0 Å². The van der Waals surface area contributed by atoms with Crippen molar-refractivity contribution >= 4 is 0 Å². The minimum absolute atomic E-state index is 0.181. The standard InChI is InChI=1S/C15H26N2/c1-11(2)10-17-12(3)9-14(13(17)4)5-6-15(16)7-8-15/h9,11H,5-8,10,16H2,1-4H3. The summed E-state index contributed by atoms with van der Waals surface area (Å²) >= 11 is 0. The zero-order chi connectivity index (χ0) is 12.6. The van der Waals surface area contributed by atoms with E-state index in [1.807, 2.05) is 0 Å². The van der Waals surface area contributed by atoms with Crippen molar-refractivity contribution in [1.29, 1.82) is 0 Å². The Balaban J connectivity index is 2.07. The fourth-order valence-corrected chi connectivity index (χ4v) is 2.57. The summed E-state index contributed by atoms with van der Waals surface area (Å²) in [5.74, 6) is 0.705. The lowest BCUT2D eigenvalue weighted by Crippen LogP contribution is -2.22. The molecule has 1 aromatic heterocycles. The minimum atomic E-state index is 0.181. The molecule has 0 unspecified atom stereocenters. The average molecular weight is 234 g/mol. The average Bonchev–Trinajstić information content (AvgIpc) is 2.92. The summed E-state index contributed by atoms with van der Waals surface area (Å²) in [6.45, 7) is 10.1. The number of rotatable bonds is 5. The lowest BCUT2D eigenvalue weighted by atomic mass is 10.0. The molecule has 2 rings (SSSR count). The van der Waals surface area contributed by atoms with E-state index in [2.05, 4.69) is 38.3 Å². The summed E-state index contributed by atoms with van der Waals surface area (Å²) < 4.78 is 2.45. The third-order valence-corrected chi connectivity index (χ3v) is 4.01. The van der Waals surface area contributed by atoms with E-state index in [1.165, 1.54) is 29.8 Å². The fraction of sp³-hybridized carbons (Fsp3) is 0.733. The molecule has 1 aliphatic rings. The van der Waals surface area contributed by atoms with Crippen LogP contribution in [0.2, 0.25) is 0 Å². The maximum Gasteiger partial charge on any atom is 0.0247 e. The number of aromatic nitrogens is 1. The Bertz CT molecular complexity index is 397. The van der Waals surface area contributed by atoms with E-state index in [4.69, 9.17) is 5.73 Å². The minimum Gasteiger partial charge on any atom is -0.349 e. The van der Waals surface area contributed by atoms with Gasteiger partial charge in [-0.2, -0.15) is 0 Å². The first-order valence-electron chi connectivity index (χ1n) is 6.86. The summed E-state index contributed by atoms with van der Waals surface area (Å²) in [5.41, 5.74) is 10.7. The second-order valence-corrected chi connectivity index (χ2v) is 6.26. The largest absolute Gasteiger partial charge is 0.349 e. The molecule has 17 heavy (non-hydrogen) atoms. The molecule has 96 valence electrons. The molecule has 2 nitrogen and oxygen atoms in total. The molecule has 1 heterocycles. The van der Waals surface area contributed by atoms with Gasteiger partial charge in [0.15, 0.2) is 0 Å². The van der Waals surface area contributed by atoms with E-state index in [0.717, 1.165) is 19.4 Å². The van der Waals surface area contributed by atoms with Crippen molar-refractivity contribution in [3.05, 3.63) is 23.0 Å². The van der Waals surface area contributed by atoms with Gasteiger partial charge in [0.1, 0.15) is 0 Å². The van der Waals surface area contributed by atoms with Crippen molar-refractivity contribution in [2.45, 2.75) is 65.5 Å². The maximum atomic E-state index is 6.16. The molecule has 0 atom stereocenters. The molecule has 1 fully saturated rings. The van der Waals surface area contributed by atoms with Gasteiger partial charge in [0.05, 0.1) is 0 Å². The van der Waals surface area contributed by atoms with Crippen LogP contribution in [0, 0.1) is 19.8 Å². The Morgan fingerprint density at radius 1 is 1.35 bits per heavy atom. The van der Waals surface area contributed by atoms with Crippen LogP contribution in [0.1, 0.15) is 50.1 Å². The molecule has 0 radical (unpaired) electrons. The van der Waals surface area contributed by atoms with E-state index in [0.29, 0.717) is 5.92 Å². The van der Waals surface area contributed by atoms with Gasteiger partial charge < -0.3 is 10.3 Å². The van der Waals surface area contributed by atoms with Crippen molar-refractivity contribution in [1.82, 2.24) is 4.57 Å². The molecule has 2 N–H and O–H groups in total. The second-order valence-electron chi connectivity index (χ2n) is 6.26. The molecule has 0 saturated heterocycles. The number of nitrogens with two attached hydrogens (primary N) is 1. The van der Waals surface area contributed by atoms with Crippen molar-refractivity contribution < 1.29 is 0 Å². The highest BCUT2D eigenvalue weighted by Crippen LogP contribution is 2.37. The van der Waals surface area contributed by atoms with E-state index >= 15 is 0 Å². The summed E-state index contributed by atoms with van der Waals surface area (Å²) in [5, 5.41) is 0. The molecule has 0 aliphatic heterocycles.